The van der Waals surface area contributed by atoms with Crippen molar-refractivity contribution in [3.8, 4) is 0 Å². The molecule has 106 valence electrons. The molecule has 4 atom stereocenters. The zero-order valence-corrected chi connectivity index (χ0v) is 12.3. The highest BCUT2D eigenvalue weighted by molar-refractivity contribution is 5.81. The van der Waals surface area contributed by atoms with E-state index < -0.39 is 6.10 Å². The largest absolute Gasteiger partial charge is 0.391 e. The summed E-state index contributed by atoms with van der Waals surface area (Å²) in [6, 6.07) is 0.823. The van der Waals surface area contributed by atoms with E-state index in [1.165, 1.54) is 0 Å². The van der Waals surface area contributed by atoms with Crippen molar-refractivity contribution in [2.45, 2.75) is 71.7 Å². The van der Waals surface area contributed by atoms with Gasteiger partial charge >= 0.3 is 0 Å². The maximum Gasteiger partial charge on any atom is 0.237 e. The quantitative estimate of drug-likeness (QED) is 0.781. The van der Waals surface area contributed by atoms with E-state index >= 15 is 0 Å². The van der Waals surface area contributed by atoms with Crippen LogP contribution in [0.25, 0.3) is 0 Å². The lowest BCUT2D eigenvalue weighted by Crippen LogP contribution is -2.50. The standard InChI is InChI=1S/C14H28N2O2/c1-9(2)13(17)8-15-14(18)12(5)16-10(3)6-7-11(16)4/h9-13,17H,6-8H2,1-5H3,(H,15,18). The molecule has 2 N–H and O–H groups in total. The summed E-state index contributed by atoms with van der Waals surface area (Å²) in [6.45, 7) is 10.6. The molecule has 1 amide bonds. The SMILES string of the molecule is CC(C)C(O)CNC(=O)C(C)N1C(C)CCC1C. The van der Waals surface area contributed by atoms with Gasteiger partial charge in [-0.25, -0.2) is 0 Å². The summed E-state index contributed by atoms with van der Waals surface area (Å²) in [5, 5.41) is 12.5. The molecule has 1 fully saturated rings. The van der Waals surface area contributed by atoms with E-state index in [0.29, 0.717) is 18.6 Å². The van der Waals surface area contributed by atoms with Gasteiger partial charge in [0.1, 0.15) is 0 Å². The number of nitrogens with zero attached hydrogens (tertiary/aromatic N) is 1. The van der Waals surface area contributed by atoms with Gasteiger partial charge in [-0.2, -0.15) is 0 Å². The molecule has 18 heavy (non-hydrogen) atoms. The minimum atomic E-state index is -0.463. The first-order valence-electron chi connectivity index (χ1n) is 7.07. The molecule has 0 spiro atoms. The van der Waals surface area contributed by atoms with Crippen LogP contribution in [-0.4, -0.2) is 46.7 Å². The van der Waals surface area contributed by atoms with Gasteiger partial charge in [0.2, 0.25) is 5.91 Å². The van der Waals surface area contributed by atoms with Crippen molar-refractivity contribution in [2.75, 3.05) is 6.54 Å². The highest BCUT2D eigenvalue weighted by atomic mass is 16.3. The number of hydrogen-bond acceptors (Lipinski definition) is 3. The lowest BCUT2D eigenvalue weighted by molar-refractivity contribution is -0.127. The third-order valence-electron chi connectivity index (χ3n) is 4.10. The molecule has 0 bridgehead atoms. The molecular weight excluding hydrogens is 228 g/mol. The van der Waals surface area contributed by atoms with Crippen LogP contribution in [0.1, 0.15) is 47.5 Å². The van der Waals surface area contributed by atoms with Crippen molar-refractivity contribution < 1.29 is 9.90 Å². The van der Waals surface area contributed by atoms with Crippen LogP contribution in [0.2, 0.25) is 0 Å². The van der Waals surface area contributed by atoms with Crippen molar-refractivity contribution in [1.82, 2.24) is 10.2 Å². The number of amides is 1. The molecule has 0 aromatic heterocycles. The number of aliphatic hydroxyl groups is 1. The van der Waals surface area contributed by atoms with Gasteiger partial charge in [0.25, 0.3) is 0 Å². The van der Waals surface area contributed by atoms with Crippen LogP contribution in [0.3, 0.4) is 0 Å². The van der Waals surface area contributed by atoms with Gasteiger partial charge < -0.3 is 10.4 Å². The van der Waals surface area contributed by atoms with E-state index in [0.717, 1.165) is 12.8 Å². The molecule has 4 unspecified atom stereocenters. The zero-order valence-electron chi connectivity index (χ0n) is 12.3. The molecule has 1 aliphatic heterocycles. The molecular formula is C14H28N2O2. The van der Waals surface area contributed by atoms with Gasteiger partial charge in [0.15, 0.2) is 0 Å². The number of aliphatic hydroxyl groups excluding tert-OH is 1. The maximum absolute atomic E-state index is 12.1. The first kappa shape index (κ1) is 15.4. The summed E-state index contributed by atoms with van der Waals surface area (Å²) in [5.41, 5.74) is 0. The molecule has 1 rings (SSSR count). The topological polar surface area (TPSA) is 52.6 Å². The highest BCUT2D eigenvalue weighted by Gasteiger charge is 2.34. The van der Waals surface area contributed by atoms with E-state index in [4.69, 9.17) is 0 Å². The second-order valence-corrected chi connectivity index (χ2v) is 5.96. The normalized spacial score (nSPS) is 28.4. The van der Waals surface area contributed by atoms with Crippen molar-refractivity contribution in [1.29, 1.82) is 0 Å². The lowest BCUT2D eigenvalue weighted by Gasteiger charge is -2.31. The number of carbonyl (C=O) groups excluding carboxylic acids is 1. The summed E-state index contributed by atoms with van der Waals surface area (Å²) in [4.78, 5) is 14.4. The minimum absolute atomic E-state index is 0.0234. The smallest absolute Gasteiger partial charge is 0.237 e. The minimum Gasteiger partial charge on any atom is -0.391 e. The highest BCUT2D eigenvalue weighted by Crippen LogP contribution is 2.25. The third-order valence-corrected chi connectivity index (χ3v) is 4.10. The summed E-state index contributed by atoms with van der Waals surface area (Å²) in [6.07, 6.45) is 1.86. The lowest BCUT2D eigenvalue weighted by atomic mass is 10.1. The first-order valence-corrected chi connectivity index (χ1v) is 7.07. The average Bonchev–Trinajstić information content (AvgIpc) is 2.64. The van der Waals surface area contributed by atoms with Gasteiger partial charge in [-0.3, -0.25) is 9.69 Å². The van der Waals surface area contributed by atoms with E-state index in [1.54, 1.807) is 0 Å². The maximum atomic E-state index is 12.1. The van der Waals surface area contributed by atoms with Crippen molar-refractivity contribution >= 4 is 5.91 Å². The Balaban J connectivity index is 2.46. The number of hydrogen-bond donors (Lipinski definition) is 2. The molecule has 0 saturated carbocycles. The number of likely N-dealkylation sites (tertiary alicyclic amines) is 1. The Morgan fingerprint density at radius 1 is 1.28 bits per heavy atom. The molecule has 4 heteroatoms. The average molecular weight is 256 g/mol. The van der Waals surface area contributed by atoms with Gasteiger partial charge in [-0.1, -0.05) is 13.8 Å². The van der Waals surface area contributed by atoms with Crippen LogP contribution < -0.4 is 5.32 Å². The van der Waals surface area contributed by atoms with Crippen LogP contribution in [-0.2, 0) is 4.79 Å². The summed E-state index contributed by atoms with van der Waals surface area (Å²) in [5.74, 6) is 0.195. The van der Waals surface area contributed by atoms with Crippen molar-refractivity contribution in [2.24, 2.45) is 5.92 Å². The van der Waals surface area contributed by atoms with Gasteiger partial charge in [0, 0.05) is 18.6 Å². The predicted octanol–water partition coefficient (Wildman–Crippen LogP) is 1.38. The van der Waals surface area contributed by atoms with Gasteiger partial charge in [-0.15, -0.1) is 0 Å². The summed E-state index contributed by atoms with van der Waals surface area (Å²) >= 11 is 0. The van der Waals surface area contributed by atoms with Gasteiger partial charge in [0.05, 0.1) is 12.1 Å². The van der Waals surface area contributed by atoms with Crippen molar-refractivity contribution in [3.63, 3.8) is 0 Å². The monoisotopic (exact) mass is 256 g/mol. The second kappa shape index (κ2) is 6.53. The van der Waals surface area contributed by atoms with Crippen LogP contribution in [0, 0.1) is 5.92 Å². The molecule has 1 heterocycles. The van der Waals surface area contributed by atoms with Crippen LogP contribution in [0.5, 0.6) is 0 Å². The Kier molecular flexibility index (Phi) is 5.60. The molecule has 4 nitrogen and oxygen atoms in total. The summed E-state index contributed by atoms with van der Waals surface area (Å²) < 4.78 is 0. The number of carbonyl (C=O) groups is 1. The fraction of sp³-hybridized carbons (Fsp3) is 0.929. The van der Waals surface area contributed by atoms with Crippen LogP contribution in [0.15, 0.2) is 0 Å². The molecule has 1 saturated heterocycles. The Labute approximate surface area is 111 Å². The molecule has 0 aliphatic carbocycles. The predicted molar refractivity (Wildman–Crippen MR) is 73.3 cm³/mol. The van der Waals surface area contributed by atoms with Crippen LogP contribution in [0.4, 0.5) is 0 Å². The molecule has 0 radical (unpaired) electrons. The fourth-order valence-corrected chi connectivity index (χ4v) is 2.70. The Morgan fingerprint density at radius 2 is 1.78 bits per heavy atom. The Hall–Kier alpha value is -0.610. The van der Waals surface area contributed by atoms with E-state index in [1.807, 2.05) is 20.8 Å². The van der Waals surface area contributed by atoms with Crippen molar-refractivity contribution in [3.05, 3.63) is 0 Å². The van der Waals surface area contributed by atoms with Gasteiger partial charge in [-0.05, 0) is 39.5 Å². The van der Waals surface area contributed by atoms with E-state index in [2.05, 4.69) is 24.1 Å². The number of nitrogens with one attached hydrogen (secondary N) is 1. The van der Waals surface area contributed by atoms with Crippen LogP contribution >= 0.6 is 0 Å². The first-order chi connectivity index (χ1) is 8.34. The molecule has 0 aromatic carbocycles. The number of rotatable bonds is 5. The van der Waals surface area contributed by atoms with E-state index in [-0.39, 0.29) is 17.9 Å². The fourth-order valence-electron chi connectivity index (χ4n) is 2.70. The second-order valence-electron chi connectivity index (χ2n) is 5.96. The zero-order chi connectivity index (χ0) is 13.9. The summed E-state index contributed by atoms with van der Waals surface area (Å²) in [7, 11) is 0. The Bertz CT molecular complexity index is 271. The Morgan fingerprint density at radius 3 is 2.22 bits per heavy atom. The molecule has 0 aromatic rings. The molecule has 1 aliphatic rings. The third kappa shape index (κ3) is 3.69. The van der Waals surface area contributed by atoms with E-state index in [9.17, 15) is 9.90 Å².